The van der Waals surface area contributed by atoms with Crippen LogP contribution < -0.4 is 9.64 Å². The van der Waals surface area contributed by atoms with Crippen molar-refractivity contribution in [2.75, 3.05) is 44.7 Å². The summed E-state index contributed by atoms with van der Waals surface area (Å²) < 4.78 is 7.51. The molecule has 36 heavy (non-hydrogen) atoms. The number of carbonyl (C=O) groups is 1. The molecule has 0 aliphatic carbocycles. The minimum absolute atomic E-state index is 0.231. The van der Waals surface area contributed by atoms with Crippen molar-refractivity contribution in [3.63, 3.8) is 0 Å². The molecule has 0 atom stereocenters. The number of rotatable bonds is 10. The molecule has 0 saturated carbocycles. The van der Waals surface area contributed by atoms with Gasteiger partial charge in [-0.15, -0.1) is 0 Å². The van der Waals surface area contributed by atoms with Gasteiger partial charge in [-0.1, -0.05) is 29.3 Å². The van der Waals surface area contributed by atoms with Crippen molar-refractivity contribution in [2.24, 2.45) is 0 Å². The van der Waals surface area contributed by atoms with E-state index in [0.29, 0.717) is 16.5 Å². The van der Waals surface area contributed by atoms with Gasteiger partial charge in [0.1, 0.15) is 5.75 Å². The number of ketones is 1. The molecular formula is C29H35Cl2N3O2. The summed E-state index contributed by atoms with van der Waals surface area (Å²) in [6.07, 6.45) is 2.49. The minimum Gasteiger partial charge on any atom is -0.497 e. The number of benzene rings is 2. The molecule has 0 bridgehead atoms. The summed E-state index contributed by atoms with van der Waals surface area (Å²) in [5, 5.41) is 1.23. The number of nitrogens with zero attached hydrogens (tertiary/aromatic N) is 3. The van der Waals surface area contributed by atoms with Gasteiger partial charge in [-0.3, -0.25) is 9.69 Å². The zero-order chi connectivity index (χ0) is 25.7. The summed E-state index contributed by atoms with van der Waals surface area (Å²) in [5.74, 6) is 1.06. The first-order valence-corrected chi connectivity index (χ1v) is 13.5. The maximum atomic E-state index is 13.1. The topological polar surface area (TPSA) is 37.7 Å². The fourth-order valence-electron chi connectivity index (χ4n) is 5.04. The molecule has 0 unspecified atom stereocenters. The monoisotopic (exact) mass is 527 g/mol. The first-order valence-electron chi connectivity index (χ1n) is 12.7. The summed E-state index contributed by atoms with van der Waals surface area (Å²) in [5.41, 5.74) is 5.08. The molecule has 1 saturated heterocycles. The summed E-state index contributed by atoms with van der Waals surface area (Å²) >= 11 is 12.6. The van der Waals surface area contributed by atoms with E-state index in [1.54, 1.807) is 7.11 Å². The number of ether oxygens (including phenoxy) is 1. The molecule has 7 heteroatoms. The number of Topliss-reactive ketones (excluding diaryl/α,β-unsaturated/α-hetero) is 1. The molecule has 1 aromatic heterocycles. The Morgan fingerprint density at radius 1 is 1.00 bits per heavy atom. The summed E-state index contributed by atoms with van der Waals surface area (Å²) in [6.45, 7) is 9.84. The van der Waals surface area contributed by atoms with Crippen LogP contribution in [-0.2, 0) is 6.54 Å². The first-order chi connectivity index (χ1) is 17.4. The number of hydrogen-bond acceptors (Lipinski definition) is 4. The molecule has 0 radical (unpaired) electrons. The van der Waals surface area contributed by atoms with E-state index >= 15 is 0 Å². The van der Waals surface area contributed by atoms with Gasteiger partial charge in [0.15, 0.2) is 5.78 Å². The van der Waals surface area contributed by atoms with E-state index in [-0.39, 0.29) is 5.78 Å². The summed E-state index contributed by atoms with van der Waals surface area (Å²) in [6, 6.07) is 15.9. The summed E-state index contributed by atoms with van der Waals surface area (Å²) in [7, 11) is 1.67. The average molecular weight is 529 g/mol. The second kappa shape index (κ2) is 12.2. The lowest BCUT2D eigenvalue weighted by Crippen LogP contribution is -2.46. The van der Waals surface area contributed by atoms with Gasteiger partial charge in [0, 0.05) is 56.1 Å². The average Bonchev–Trinajstić information content (AvgIpc) is 3.24. The van der Waals surface area contributed by atoms with Crippen LogP contribution in [0.3, 0.4) is 0 Å². The number of unbranched alkanes of at least 4 members (excludes halogenated alkanes) is 1. The van der Waals surface area contributed by atoms with Gasteiger partial charge in [-0.2, -0.15) is 0 Å². The molecule has 4 rings (SSSR count). The Bertz CT molecular complexity index is 1180. The molecule has 5 nitrogen and oxygen atoms in total. The maximum Gasteiger partial charge on any atom is 0.164 e. The van der Waals surface area contributed by atoms with Crippen LogP contribution in [0.15, 0.2) is 48.5 Å². The lowest BCUT2D eigenvalue weighted by molar-refractivity contribution is 0.0977. The van der Waals surface area contributed by atoms with Crippen molar-refractivity contribution in [2.45, 2.75) is 39.7 Å². The second-order valence-corrected chi connectivity index (χ2v) is 10.1. The van der Waals surface area contributed by atoms with Crippen LogP contribution in [0.5, 0.6) is 5.75 Å². The largest absolute Gasteiger partial charge is 0.497 e. The number of aromatic nitrogens is 1. The SMILES string of the molecule is CCn1c(-c2ccc(OC)cc2)cc(C(=O)CCCCN2CCN(c3cccc(Cl)c3Cl)CC2)c1C. The molecule has 192 valence electrons. The third-order valence-electron chi connectivity index (χ3n) is 7.14. The minimum atomic E-state index is 0.231. The van der Waals surface area contributed by atoms with Crippen LogP contribution in [-0.4, -0.2) is 55.1 Å². The van der Waals surface area contributed by atoms with Crippen LogP contribution in [0.1, 0.15) is 42.2 Å². The zero-order valence-electron chi connectivity index (χ0n) is 21.4. The molecule has 2 aromatic carbocycles. The van der Waals surface area contributed by atoms with E-state index in [2.05, 4.69) is 34.3 Å². The predicted molar refractivity (Wildman–Crippen MR) is 150 cm³/mol. The Kier molecular flexibility index (Phi) is 9.00. The highest BCUT2D eigenvalue weighted by Gasteiger charge is 2.20. The van der Waals surface area contributed by atoms with Crippen LogP contribution in [0.2, 0.25) is 10.0 Å². The van der Waals surface area contributed by atoms with Gasteiger partial charge in [0.2, 0.25) is 0 Å². The Morgan fingerprint density at radius 3 is 2.39 bits per heavy atom. The van der Waals surface area contributed by atoms with Crippen LogP contribution in [0.25, 0.3) is 11.3 Å². The number of methoxy groups -OCH3 is 1. The molecule has 0 N–H and O–H groups in total. The highest BCUT2D eigenvalue weighted by Crippen LogP contribution is 2.33. The van der Waals surface area contributed by atoms with Gasteiger partial charge in [0.25, 0.3) is 0 Å². The second-order valence-electron chi connectivity index (χ2n) is 9.28. The highest BCUT2D eigenvalue weighted by atomic mass is 35.5. The quantitative estimate of drug-likeness (QED) is 0.210. The van der Waals surface area contributed by atoms with Crippen molar-refractivity contribution in [3.05, 3.63) is 69.8 Å². The molecule has 1 aliphatic heterocycles. The van der Waals surface area contributed by atoms with Gasteiger partial charge < -0.3 is 14.2 Å². The molecule has 0 amide bonds. The van der Waals surface area contributed by atoms with Gasteiger partial charge in [-0.25, -0.2) is 0 Å². The smallest absolute Gasteiger partial charge is 0.164 e. The fourth-order valence-corrected chi connectivity index (χ4v) is 5.46. The van der Waals surface area contributed by atoms with E-state index in [0.717, 1.165) is 86.1 Å². The van der Waals surface area contributed by atoms with Gasteiger partial charge in [-0.05, 0) is 81.3 Å². The molecule has 3 aromatic rings. The number of hydrogen-bond donors (Lipinski definition) is 0. The number of anilines is 1. The van der Waals surface area contributed by atoms with Gasteiger partial charge in [0.05, 0.1) is 22.8 Å². The van der Waals surface area contributed by atoms with E-state index in [9.17, 15) is 4.79 Å². The fraction of sp³-hybridized carbons (Fsp3) is 0.414. The Balaban J connectivity index is 1.27. The third kappa shape index (κ3) is 5.91. The van der Waals surface area contributed by atoms with Crippen LogP contribution in [0, 0.1) is 6.92 Å². The third-order valence-corrected chi connectivity index (χ3v) is 7.95. The van der Waals surface area contributed by atoms with Crippen molar-refractivity contribution < 1.29 is 9.53 Å². The maximum absolute atomic E-state index is 13.1. The van der Waals surface area contributed by atoms with Gasteiger partial charge >= 0.3 is 0 Å². The molecule has 0 spiro atoms. The van der Waals surface area contributed by atoms with E-state index in [4.69, 9.17) is 27.9 Å². The number of carbonyl (C=O) groups excluding carboxylic acids is 1. The summed E-state index contributed by atoms with van der Waals surface area (Å²) in [4.78, 5) is 17.9. The zero-order valence-corrected chi connectivity index (χ0v) is 22.9. The van der Waals surface area contributed by atoms with Crippen LogP contribution in [0.4, 0.5) is 5.69 Å². The Labute approximate surface area is 224 Å². The lowest BCUT2D eigenvalue weighted by atomic mass is 10.0. The van der Waals surface area contributed by atoms with Crippen molar-refractivity contribution in [3.8, 4) is 17.0 Å². The molecule has 1 aliphatic rings. The Morgan fingerprint density at radius 2 is 1.72 bits per heavy atom. The predicted octanol–water partition coefficient (Wildman–Crippen LogP) is 6.97. The Hall–Kier alpha value is -2.47. The number of halogens is 2. The highest BCUT2D eigenvalue weighted by molar-refractivity contribution is 6.43. The van der Waals surface area contributed by atoms with Crippen molar-refractivity contribution >= 4 is 34.7 Å². The van der Waals surface area contributed by atoms with E-state index < -0.39 is 0 Å². The van der Waals surface area contributed by atoms with Crippen LogP contribution >= 0.6 is 23.2 Å². The van der Waals surface area contributed by atoms with Crippen molar-refractivity contribution in [1.82, 2.24) is 9.47 Å². The molecule has 2 heterocycles. The molecule has 1 fully saturated rings. The van der Waals surface area contributed by atoms with E-state index in [1.165, 1.54) is 0 Å². The lowest BCUT2D eigenvalue weighted by Gasteiger charge is -2.36. The van der Waals surface area contributed by atoms with Crippen molar-refractivity contribution in [1.29, 1.82) is 0 Å². The standard InChI is InChI=1S/C29H35Cl2N3O2/c1-4-34-21(2)24(20-27(34)22-11-13-23(36-3)14-12-22)28(35)10-5-6-15-32-16-18-33(19-17-32)26-9-7-8-25(30)29(26)31/h7-9,11-14,20H,4-6,10,15-19H2,1-3H3. The normalized spacial score (nSPS) is 14.3. The first kappa shape index (κ1) is 26.6. The van der Waals surface area contributed by atoms with E-state index in [1.807, 2.05) is 42.5 Å². The molecular weight excluding hydrogens is 493 g/mol. The number of piperazine rings is 1.